The first-order chi connectivity index (χ1) is 14.5. The average molecular weight is 405 g/mol. The lowest BCUT2D eigenvalue weighted by Gasteiger charge is -2.35. The Bertz CT molecular complexity index is 1050. The van der Waals surface area contributed by atoms with Crippen LogP contribution in [-0.2, 0) is 6.54 Å². The monoisotopic (exact) mass is 405 g/mol. The third-order valence-corrected chi connectivity index (χ3v) is 5.30. The summed E-state index contributed by atoms with van der Waals surface area (Å²) in [6, 6.07) is 11.3. The fourth-order valence-electron chi connectivity index (χ4n) is 3.72. The Labute approximate surface area is 174 Å². The van der Waals surface area contributed by atoms with Crippen LogP contribution in [0, 0.1) is 6.92 Å². The third kappa shape index (κ3) is 4.38. The zero-order valence-electron chi connectivity index (χ0n) is 16.7. The maximum absolute atomic E-state index is 10.9. The SMILES string of the molecule is Cc1cc(CN2CCN(c3ccc(C(=O)O)nn3)CC2)ccc1-c1cncc(O)c1. The molecule has 3 heterocycles. The minimum Gasteiger partial charge on any atom is -0.506 e. The fraction of sp³-hybridized carbons (Fsp3) is 0.273. The summed E-state index contributed by atoms with van der Waals surface area (Å²) in [6.07, 6.45) is 3.19. The van der Waals surface area contributed by atoms with Gasteiger partial charge in [0.1, 0.15) is 5.75 Å². The van der Waals surface area contributed by atoms with E-state index in [1.807, 2.05) is 0 Å². The largest absolute Gasteiger partial charge is 0.506 e. The van der Waals surface area contributed by atoms with Gasteiger partial charge in [0.25, 0.3) is 0 Å². The standard InChI is InChI=1S/C22H23N5O3/c1-15-10-16(2-3-19(15)17-11-18(28)13-23-12-17)14-26-6-8-27(9-7-26)21-5-4-20(22(29)30)24-25-21/h2-5,10-13,28H,6-9,14H2,1H3,(H,29,30). The Morgan fingerprint density at radius 2 is 1.83 bits per heavy atom. The number of piperazine rings is 1. The molecule has 0 radical (unpaired) electrons. The number of aromatic hydroxyl groups is 1. The van der Waals surface area contributed by atoms with Crippen molar-refractivity contribution < 1.29 is 15.0 Å². The first kappa shape index (κ1) is 19.8. The molecule has 2 N–H and O–H groups in total. The molecule has 30 heavy (non-hydrogen) atoms. The number of carboxylic acid groups (broad SMARTS) is 1. The van der Waals surface area contributed by atoms with Crippen LogP contribution < -0.4 is 4.90 Å². The number of aromatic carboxylic acids is 1. The molecule has 0 saturated carbocycles. The van der Waals surface area contributed by atoms with Crippen LogP contribution in [0.5, 0.6) is 5.75 Å². The van der Waals surface area contributed by atoms with E-state index in [2.05, 4.69) is 50.1 Å². The number of pyridine rings is 1. The zero-order valence-corrected chi connectivity index (χ0v) is 16.7. The van der Waals surface area contributed by atoms with Gasteiger partial charge < -0.3 is 15.1 Å². The number of nitrogens with zero attached hydrogens (tertiary/aromatic N) is 5. The number of rotatable bonds is 5. The molecule has 0 unspecified atom stereocenters. The molecule has 8 heteroatoms. The predicted octanol–water partition coefficient (Wildman–Crippen LogP) is 2.57. The van der Waals surface area contributed by atoms with Gasteiger partial charge in [0.15, 0.2) is 11.5 Å². The number of benzene rings is 1. The summed E-state index contributed by atoms with van der Waals surface area (Å²) in [5.74, 6) is -0.198. The number of carbonyl (C=O) groups is 1. The van der Waals surface area contributed by atoms with Gasteiger partial charge in [0.05, 0.1) is 6.20 Å². The Morgan fingerprint density at radius 3 is 2.47 bits per heavy atom. The number of aromatic nitrogens is 3. The summed E-state index contributed by atoms with van der Waals surface area (Å²) in [6.45, 7) is 6.33. The molecule has 1 aliphatic rings. The van der Waals surface area contributed by atoms with Crippen molar-refractivity contribution in [2.45, 2.75) is 13.5 Å². The van der Waals surface area contributed by atoms with Crippen LogP contribution in [0.2, 0.25) is 0 Å². The van der Waals surface area contributed by atoms with Gasteiger partial charge in [0.2, 0.25) is 0 Å². The Hall–Kier alpha value is -3.52. The van der Waals surface area contributed by atoms with Crippen molar-refractivity contribution in [2.75, 3.05) is 31.1 Å². The van der Waals surface area contributed by atoms with Crippen molar-refractivity contribution in [2.24, 2.45) is 0 Å². The van der Waals surface area contributed by atoms with Crippen LogP contribution in [0.15, 0.2) is 48.8 Å². The molecular weight excluding hydrogens is 382 g/mol. The van der Waals surface area contributed by atoms with Gasteiger partial charge in [-0.2, -0.15) is 0 Å². The van der Waals surface area contributed by atoms with E-state index in [0.717, 1.165) is 49.4 Å². The number of hydrogen-bond acceptors (Lipinski definition) is 7. The fourth-order valence-corrected chi connectivity index (χ4v) is 3.72. The van der Waals surface area contributed by atoms with Crippen molar-refractivity contribution in [3.05, 3.63) is 65.6 Å². The van der Waals surface area contributed by atoms with Gasteiger partial charge >= 0.3 is 5.97 Å². The molecule has 0 spiro atoms. The van der Waals surface area contributed by atoms with Crippen LogP contribution in [0.4, 0.5) is 5.82 Å². The minimum atomic E-state index is -1.07. The topological polar surface area (TPSA) is 103 Å². The minimum absolute atomic E-state index is 0.0438. The Morgan fingerprint density at radius 1 is 1.03 bits per heavy atom. The van der Waals surface area contributed by atoms with Crippen LogP contribution in [0.3, 0.4) is 0 Å². The predicted molar refractivity (Wildman–Crippen MR) is 113 cm³/mol. The number of aryl methyl sites for hydroxylation is 1. The van der Waals surface area contributed by atoms with Crippen LogP contribution >= 0.6 is 0 Å². The molecule has 0 amide bonds. The van der Waals surface area contributed by atoms with E-state index in [1.54, 1.807) is 18.3 Å². The Kier molecular flexibility index (Phi) is 5.58. The summed E-state index contributed by atoms with van der Waals surface area (Å²) < 4.78 is 0. The van der Waals surface area contributed by atoms with Crippen molar-refractivity contribution >= 4 is 11.8 Å². The van der Waals surface area contributed by atoms with E-state index in [9.17, 15) is 9.90 Å². The quantitative estimate of drug-likeness (QED) is 0.668. The lowest BCUT2D eigenvalue weighted by Crippen LogP contribution is -2.46. The highest BCUT2D eigenvalue weighted by molar-refractivity contribution is 5.85. The molecule has 1 aromatic carbocycles. The van der Waals surface area contributed by atoms with Crippen LogP contribution in [0.1, 0.15) is 21.6 Å². The number of hydrogen-bond donors (Lipinski definition) is 2. The lowest BCUT2D eigenvalue weighted by atomic mass is 9.99. The van der Waals surface area contributed by atoms with Crippen molar-refractivity contribution in [1.29, 1.82) is 0 Å². The zero-order chi connectivity index (χ0) is 21.1. The highest BCUT2D eigenvalue weighted by atomic mass is 16.4. The van der Waals surface area contributed by atoms with Gasteiger partial charge in [-0.1, -0.05) is 18.2 Å². The molecular formula is C22H23N5O3. The van der Waals surface area contributed by atoms with Gasteiger partial charge in [-0.3, -0.25) is 9.88 Å². The molecule has 4 rings (SSSR count). The van der Waals surface area contributed by atoms with E-state index in [0.29, 0.717) is 5.82 Å². The highest BCUT2D eigenvalue weighted by Crippen LogP contribution is 2.26. The van der Waals surface area contributed by atoms with Crippen LogP contribution in [0.25, 0.3) is 11.1 Å². The molecule has 1 saturated heterocycles. The van der Waals surface area contributed by atoms with Crippen LogP contribution in [-0.4, -0.2) is 62.4 Å². The van der Waals surface area contributed by atoms with E-state index >= 15 is 0 Å². The third-order valence-electron chi connectivity index (χ3n) is 5.30. The van der Waals surface area contributed by atoms with Crippen molar-refractivity contribution in [3.63, 3.8) is 0 Å². The maximum Gasteiger partial charge on any atom is 0.356 e. The highest BCUT2D eigenvalue weighted by Gasteiger charge is 2.19. The second-order valence-electron chi connectivity index (χ2n) is 7.43. The molecule has 8 nitrogen and oxygen atoms in total. The lowest BCUT2D eigenvalue weighted by molar-refractivity contribution is 0.0689. The number of carboxylic acids is 1. The summed E-state index contributed by atoms with van der Waals surface area (Å²) in [4.78, 5) is 19.5. The van der Waals surface area contributed by atoms with E-state index in [1.165, 1.54) is 17.8 Å². The molecule has 3 aromatic rings. The van der Waals surface area contributed by atoms with Gasteiger partial charge in [0, 0.05) is 44.5 Å². The summed E-state index contributed by atoms with van der Waals surface area (Å²) >= 11 is 0. The molecule has 0 aliphatic carbocycles. The summed E-state index contributed by atoms with van der Waals surface area (Å²) in [7, 11) is 0. The average Bonchev–Trinajstić information content (AvgIpc) is 2.74. The Balaban J connectivity index is 1.37. The van der Waals surface area contributed by atoms with Gasteiger partial charge in [-0.05, 0) is 41.8 Å². The number of anilines is 1. The van der Waals surface area contributed by atoms with E-state index < -0.39 is 5.97 Å². The molecule has 154 valence electrons. The first-order valence-electron chi connectivity index (χ1n) is 9.78. The van der Waals surface area contributed by atoms with Gasteiger partial charge in [-0.25, -0.2) is 4.79 Å². The van der Waals surface area contributed by atoms with Crippen molar-refractivity contribution in [3.8, 4) is 16.9 Å². The van der Waals surface area contributed by atoms with E-state index in [4.69, 9.17) is 5.11 Å². The van der Waals surface area contributed by atoms with Gasteiger partial charge in [-0.15, -0.1) is 10.2 Å². The molecule has 0 atom stereocenters. The molecule has 2 aromatic heterocycles. The van der Waals surface area contributed by atoms with Crippen molar-refractivity contribution in [1.82, 2.24) is 20.1 Å². The first-order valence-corrected chi connectivity index (χ1v) is 9.78. The second kappa shape index (κ2) is 8.46. The van der Waals surface area contributed by atoms with E-state index in [-0.39, 0.29) is 11.4 Å². The maximum atomic E-state index is 10.9. The summed E-state index contributed by atoms with van der Waals surface area (Å²) in [5, 5.41) is 26.4. The molecule has 0 bridgehead atoms. The molecule has 1 fully saturated rings. The normalized spacial score (nSPS) is 14.6. The molecule has 1 aliphatic heterocycles. The summed E-state index contributed by atoms with van der Waals surface area (Å²) in [5.41, 5.74) is 4.31. The second-order valence-corrected chi connectivity index (χ2v) is 7.43. The smallest absolute Gasteiger partial charge is 0.356 e.